The van der Waals surface area contributed by atoms with Crippen LogP contribution in [0.15, 0.2) is 91.7 Å². The molecule has 4 rings (SSSR count). The van der Waals surface area contributed by atoms with Crippen LogP contribution in [0.3, 0.4) is 0 Å². The van der Waals surface area contributed by atoms with E-state index in [1.54, 1.807) is 23.1 Å². The summed E-state index contributed by atoms with van der Waals surface area (Å²) in [7, 11) is 2.08. The van der Waals surface area contributed by atoms with Crippen molar-refractivity contribution in [2.24, 2.45) is 0 Å². The largest absolute Gasteiger partial charge is 0.380 e. The van der Waals surface area contributed by atoms with Crippen molar-refractivity contribution in [3.8, 4) is 0 Å². The molecule has 3 aromatic rings. The standard InChI is InChI=1S/C30H32Cl2N4O/c1-23(15-17-34(2)18-16-24-7-4-3-5-8-24)25-11-13-26(14-12-25)35-19-21-36(22-20-35)30(37)33-29-27(31)9-6-10-28(29)32/h3-15,17H,1,16,18-22H2,2H3,(H,33,37)/b17-15-. The Morgan fingerprint density at radius 2 is 1.59 bits per heavy atom. The van der Waals surface area contributed by atoms with Crippen LogP contribution in [-0.4, -0.2) is 55.6 Å². The predicted octanol–water partition coefficient (Wildman–Crippen LogP) is 7.05. The van der Waals surface area contributed by atoms with Gasteiger partial charge in [-0.05, 0) is 59.7 Å². The van der Waals surface area contributed by atoms with Crippen molar-refractivity contribution in [1.82, 2.24) is 9.80 Å². The fraction of sp³-hybridized carbons (Fsp3) is 0.233. The highest BCUT2D eigenvalue weighted by molar-refractivity contribution is 6.39. The van der Waals surface area contributed by atoms with E-state index in [2.05, 4.69) is 89.6 Å². The number of allylic oxidation sites excluding steroid dienone is 2. The molecule has 3 aromatic carbocycles. The third-order valence-corrected chi connectivity index (χ3v) is 7.12. The lowest BCUT2D eigenvalue weighted by atomic mass is 10.1. The summed E-state index contributed by atoms with van der Waals surface area (Å²) < 4.78 is 0. The lowest BCUT2D eigenvalue weighted by Gasteiger charge is -2.36. The van der Waals surface area contributed by atoms with E-state index in [4.69, 9.17) is 23.2 Å². The molecule has 0 atom stereocenters. The lowest BCUT2D eigenvalue weighted by molar-refractivity contribution is 0.208. The maximum atomic E-state index is 12.7. The highest BCUT2D eigenvalue weighted by Crippen LogP contribution is 2.30. The molecular weight excluding hydrogens is 503 g/mol. The van der Waals surface area contributed by atoms with Crippen molar-refractivity contribution in [2.45, 2.75) is 6.42 Å². The Morgan fingerprint density at radius 1 is 0.946 bits per heavy atom. The maximum absolute atomic E-state index is 12.7. The van der Waals surface area contributed by atoms with E-state index in [1.165, 1.54) is 5.56 Å². The molecule has 0 aliphatic carbocycles. The Kier molecular flexibility index (Phi) is 9.15. The smallest absolute Gasteiger partial charge is 0.322 e. The molecule has 7 heteroatoms. The van der Waals surface area contributed by atoms with E-state index in [-0.39, 0.29) is 6.03 Å². The van der Waals surface area contributed by atoms with Gasteiger partial charge in [0.1, 0.15) is 0 Å². The van der Waals surface area contributed by atoms with Gasteiger partial charge in [0.05, 0.1) is 15.7 Å². The van der Waals surface area contributed by atoms with Crippen LogP contribution in [0, 0.1) is 0 Å². The molecule has 1 N–H and O–H groups in total. The zero-order chi connectivity index (χ0) is 26.2. The predicted molar refractivity (Wildman–Crippen MR) is 157 cm³/mol. The van der Waals surface area contributed by atoms with Gasteiger partial charge in [-0.1, -0.05) is 78.3 Å². The van der Waals surface area contributed by atoms with Gasteiger partial charge in [-0.3, -0.25) is 0 Å². The molecule has 192 valence electrons. The molecule has 0 bridgehead atoms. The number of para-hydroxylation sites is 1. The molecule has 0 spiro atoms. The number of urea groups is 1. The molecule has 0 aromatic heterocycles. The van der Waals surface area contributed by atoms with Crippen LogP contribution < -0.4 is 10.2 Å². The first kappa shape index (κ1) is 26.6. The van der Waals surface area contributed by atoms with Gasteiger partial charge in [-0.25, -0.2) is 4.79 Å². The van der Waals surface area contributed by atoms with Gasteiger partial charge in [0.15, 0.2) is 0 Å². The molecule has 1 aliphatic rings. The normalized spacial score (nSPS) is 13.6. The fourth-order valence-corrected chi connectivity index (χ4v) is 4.69. The van der Waals surface area contributed by atoms with Gasteiger partial charge in [-0.2, -0.15) is 0 Å². The monoisotopic (exact) mass is 534 g/mol. The number of carbonyl (C=O) groups is 1. The summed E-state index contributed by atoms with van der Waals surface area (Å²) in [6.07, 6.45) is 5.15. The molecule has 5 nitrogen and oxygen atoms in total. The number of hydrogen-bond acceptors (Lipinski definition) is 3. The first-order valence-corrected chi connectivity index (χ1v) is 13.1. The van der Waals surface area contributed by atoms with Crippen LogP contribution in [-0.2, 0) is 6.42 Å². The van der Waals surface area contributed by atoms with Gasteiger partial charge in [0.25, 0.3) is 0 Å². The summed E-state index contributed by atoms with van der Waals surface area (Å²) in [4.78, 5) is 19.0. The van der Waals surface area contributed by atoms with Crippen molar-refractivity contribution in [3.05, 3.63) is 113 Å². The van der Waals surface area contributed by atoms with E-state index in [9.17, 15) is 4.79 Å². The number of nitrogens with one attached hydrogen (secondary N) is 1. The van der Waals surface area contributed by atoms with Crippen LogP contribution in [0.1, 0.15) is 11.1 Å². The summed E-state index contributed by atoms with van der Waals surface area (Å²) in [5, 5.41) is 3.70. The summed E-state index contributed by atoms with van der Waals surface area (Å²) in [5.41, 5.74) is 4.98. The van der Waals surface area contributed by atoms with Crippen molar-refractivity contribution in [1.29, 1.82) is 0 Å². The Bertz CT molecular complexity index is 1220. The Labute approximate surface area is 229 Å². The summed E-state index contributed by atoms with van der Waals surface area (Å²) in [6, 6.07) is 23.9. The van der Waals surface area contributed by atoms with Crippen LogP contribution in [0.4, 0.5) is 16.2 Å². The molecule has 1 heterocycles. The third kappa shape index (κ3) is 7.31. The molecule has 0 saturated carbocycles. The topological polar surface area (TPSA) is 38.8 Å². The van der Waals surface area contributed by atoms with Crippen LogP contribution >= 0.6 is 23.2 Å². The summed E-state index contributed by atoms with van der Waals surface area (Å²) >= 11 is 12.4. The number of nitrogens with zero attached hydrogens (tertiary/aromatic N) is 3. The second kappa shape index (κ2) is 12.7. The highest BCUT2D eigenvalue weighted by Gasteiger charge is 2.22. The molecule has 2 amide bonds. The zero-order valence-corrected chi connectivity index (χ0v) is 22.6. The molecule has 1 fully saturated rings. The maximum Gasteiger partial charge on any atom is 0.322 e. The van der Waals surface area contributed by atoms with Crippen molar-refractivity contribution < 1.29 is 4.79 Å². The van der Waals surface area contributed by atoms with Crippen LogP contribution in [0.25, 0.3) is 5.57 Å². The van der Waals surface area contributed by atoms with Crippen molar-refractivity contribution in [3.63, 3.8) is 0 Å². The number of benzene rings is 3. The molecule has 1 aliphatic heterocycles. The minimum absolute atomic E-state index is 0.193. The van der Waals surface area contributed by atoms with E-state index >= 15 is 0 Å². The second-order valence-corrected chi connectivity index (χ2v) is 9.92. The second-order valence-electron chi connectivity index (χ2n) is 9.10. The number of amides is 2. The number of halogens is 2. The fourth-order valence-electron chi connectivity index (χ4n) is 4.20. The van der Waals surface area contributed by atoms with E-state index < -0.39 is 0 Å². The summed E-state index contributed by atoms with van der Waals surface area (Å²) in [6.45, 7) is 7.90. The molecule has 0 unspecified atom stereocenters. The van der Waals surface area contributed by atoms with Gasteiger partial charge >= 0.3 is 6.03 Å². The van der Waals surface area contributed by atoms with E-state index in [0.29, 0.717) is 28.8 Å². The number of carbonyl (C=O) groups excluding carboxylic acids is 1. The van der Waals surface area contributed by atoms with Crippen LogP contribution in [0.5, 0.6) is 0 Å². The SMILES string of the molecule is C=C(/C=C\N(C)CCc1ccccc1)c1ccc(N2CCN(C(=O)Nc3c(Cl)cccc3Cl)CC2)cc1. The first-order chi connectivity index (χ1) is 17.9. The average Bonchev–Trinajstić information content (AvgIpc) is 2.93. The van der Waals surface area contributed by atoms with Crippen molar-refractivity contribution >= 4 is 46.2 Å². The first-order valence-electron chi connectivity index (χ1n) is 12.4. The molecule has 37 heavy (non-hydrogen) atoms. The van der Waals surface area contributed by atoms with Gasteiger partial charge in [0, 0.05) is 45.5 Å². The minimum atomic E-state index is -0.193. The average molecular weight is 536 g/mol. The molecular formula is C30H32Cl2N4O. The van der Waals surface area contributed by atoms with E-state index in [1.807, 2.05) is 6.07 Å². The number of likely N-dealkylation sites (N-methyl/N-ethyl adjacent to an activating group) is 1. The minimum Gasteiger partial charge on any atom is -0.380 e. The van der Waals surface area contributed by atoms with Gasteiger partial charge < -0.3 is 20.0 Å². The molecule has 0 radical (unpaired) electrons. The quantitative estimate of drug-likeness (QED) is 0.314. The Morgan fingerprint density at radius 3 is 2.24 bits per heavy atom. The lowest BCUT2D eigenvalue weighted by Crippen LogP contribution is -2.50. The molecule has 1 saturated heterocycles. The summed E-state index contributed by atoms with van der Waals surface area (Å²) in [5.74, 6) is 0. The number of piperazine rings is 1. The van der Waals surface area contributed by atoms with Crippen LogP contribution in [0.2, 0.25) is 10.0 Å². The number of anilines is 2. The highest BCUT2D eigenvalue weighted by atomic mass is 35.5. The van der Waals surface area contributed by atoms with E-state index in [0.717, 1.165) is 42.9 Å². The number of hydrogen-bond donors (Lipinski definition) is 1. The van der Waals surface area contributed by atoms with Gasteiger partial charge in [-0.15, -0.1) is 0 Å². The Balaban J connectivity index is 1.25. The Hall–Kier alpha value is -3.41. The number of rotatable bonds is 8. The zero-order valence-electron chi connectivity index (χ0n) is 21.0. The van der Waals surface area contributed by atoms with Gasteiger partial charge in [0.2, 0.25) is 0 Å². The van der Waals surface area contributed by atoms with Crippen molar-refractivity contribution in [2.75, 3.05) is 50.0 Å². The third-order valence-electron chi connectivity index (χ3n) is 6.49.